The predicted molar refractivity (Wildman–Crippen MR) is 99.9 cm³/mol. The van der Waals surface area contributed by atoms with Gasteiger partial charge in [0.25, 0.3) is 0 Å². The number of carbonyl (C=O) groups is 1. The Labute approximate surface area is 149 Å². The van der Waals surface area contributed by atoms with Crippen LogP contribution < -0.4 is 10.1 Å². The second kappa shape index (κ2) is 7.10. The fourth-order valence-electron chi connectivity index (χ4n) is 2.35. The Bertz CT molecular complexity index is 784. The standard InChI is InChI=1S/C15H15N3O2S.HI/c1-9-14(13(19)8-17-15-16-5-6-21-15)11-7-10(20-2)3-4-12(11)18-9;/h3-7,18H,8H2,1-2H3,(H,16,17);1H. The van der Waals surface area contributed by atoms with Crippen LogP contribution in [0.2, 0.25) is 0 Å². The molecule has 0 saturated heterocycles. The van der Waals surface area contributed by atoms with Gasteiger partial charge in [0.1, 0.15) is 5.75 Å². The first-order valence-corrected chi connectivity index (χ1v) is 7.40. The molecule has 116 valence electrons. The number of H-pyrrole nitrogens is 1. The molecule has 0 aliphatic carbocycles. The number of carbonyl (C=O) groups excluding carboxylic acids is 1. The number of aryl methyl sites for hydroxylation is 1. The summed E-state index contributed by atoms with van der Waals surface area (Å²) >= 11 is 1.47. The van der Waals surface area contributed by atoms with Gasteiger partial charge in [-0.1, -0.05) is 0 Å². The lowest BCUT2D eigenvalue weighted by Gasteiger charge is -2.04. The average molecular weight is 429 g/mol. The molecule has 2 N–H and O–H groups in total. The van der Waals surface area contributed by atoms with Crippen molar-refractivity contribution in [1.82, 2.24) is 9.97 Å². The van der Waals surface area contributed by atoms with Crippen LogP contribution in [0, 0.1) is 6.92 Å². The van der Waals surface area contributed by atoms with Crippen molar-refractivity contribution in [2.75, 3.05) is 19.0 Å². The topological polar surface area (TPSA) is 67.0 Å². The van der Waals surface area contributed by atoms with E-state index in [1.165, 1.54) is 11.3 Å². The highest BCUT2D eigenvalue weighted by Crippen LogP contribution is 2.26. The van der Waals surface area contributed by atoms with E-state index in [4.69, 9.17) is 4.74 Å². The number of ether oxygens (including phenoxy) is 1. The minimum atomic E-state index is 0. The Morgan fingerprint density at radius 3 is 2.95 bits per heavy atom. The van der Waals surface area contributed by atoms with E-state index < -0.39 is 0 Å². The van der Waals surface area contributed by atoms with Crippen LogP contribution in [0.5, 0.6) is 5.75 Å². The smallest absolute Gasteiger partial charge is 0.184 e. The molecule has 0 spiro atoms. The van der Waals surface area contributed by atoms with E-state index in [1.54, 1.807) is 13.3 Å². The number of halogens is 1. The fourth-order valence-corrected chi connectivity index (χ4v) is 2.87. The zero-order valence-corrected chi connectivity index (χ0v) is 15.3. The molecule has 2 heterocycles. The molecule has 3 aromatic rings. The molecule has 0 bridgehead atoms. The van der Waals surface area contributed by atoms with Crippen molar-refractivity contribution in [3.63, 3.8) is 0 Å². The van der Waals surface area contributed by atoms with E-state index in [2.05, 4.69) is 15.3 Å². The predicted octanol–water partition coefficient (Wildman–Crippen LogP) is 3.85. The highest BCUT2D eigenvalue weighted by molar-refractivity contribution is 14.0. The molecule has 5 nitrogen and oxygen atoms in total. The van der Waals surface area contributed by atoms with E-state index in [-0.39, 0.29) is 36.3 Å². The van der Waals surface area contributed by atoms with Crippen LogP contribution in [0.4, 0.5) is 5.13 Å². The van der Waals surface area contributed by atoms with E-state index in [9.17, 15) is 4.79 Å². The van der Waals surface area contributed by atoms with E-state index in [0.717, 1.165) is 27.5 Å². The lowest BCUT2D eigenvalue weighted by atomic mass is 10.1. The van der Waals surface area contributed by atoms with Crippen molar-refractivity contribution in [3.8, 4) is 5.75 Å². The van der Waals surface area contributed by atoms with Gasteiger partial charge in [-0.25, -0.2) is 4.98 Å². The van der Waals surface area contributed by atoms with Crippen LogP contribution in [-0.4, -0.2) is 29.4 Å². The van der Waals surface area contributed by atoms with Gasteiger partial charge in [-0.2, -0.15) is 0 Å². The maximum atomic E-state index is 12.5. The van der Waals surface area contributed by atoms with Crippen LogP contribution in [0.15, 0.2) is 29.8 Å². The molecule has 0 saturated carbocycles. The van der Waals surface area contributed by atoms with Gasteiger partial charge in [0.15, 0.2) is 10.9 Å². The summed E-state index contributed by atoms with van der Waals surface area (Å²) in [6, 6.07) is 5.68. The lowest BCUT2D eigenvalue weighted by molar-refractivity contribution is 0.101. The van der Waals surface area contributed by atoms with Gasteiger partial charge in [-0.05, 0) is 25.1 Å². The Hall–Kier alpha value is -1.61. The summed E-state index contributed by atoms with van der Waals surface area (Å²) in [4.78, 5) is 19.8. The van der Waals surface area contributed by atoms with Crippen molar-refractivity contribution in [2.24, 2.45) is 0 Å². The quantitative estimate of drug-likeness (QED) is 0.478. The number of hydrogen-bond donors (Lipinski definition) is 2. The largest absolute Gasteiger partial charge is 0.497 e. The molecular formula is C15H16IN3O2S. The van der Waals surface area contributed by atoms with Gasteiger partial charge in [0.2, 0.25) is 0 Å². The van der Waals surface area contributed by atoms with Crippen LogP contribution in [0.1, 0.15) is 16.1 Å². The van der Waals surface area contributed by atoms with Crippen molar-refractivity contribution < 1.29 is 9.53 Å². The number of hydrogen-bond acceptors (Lipinski definition) is 5. The molecule has 0 amide bonds. The number of rotatable bonds is 5. The van der Waals surface area contributed by atoms with Gasteiger partial charge >= 0.3 is 0 Å². The summed E-state index contributed by atoms with van der Waals surface area (Å²) in [7, 11) is 1.62. The number of nitrogens with zero attached hydrogens (tertiary/aromatic N) is 1. The van der Waals surface area contributed by atoms with Crippen LogP contribution in [-0.2, 0) is 0 Å². The number of nitrogens with one attached hydrogen (secondary N) is 2. The third-order valence-corrected chi connectivity index (χ3v) is 4.04. The Kier molecular flexibility index (Phi) is 5.41. The molecule has 1 aromatic carbocycles. The number of thiazole rings is 1. The highest BCUT2D eigenvalue weighted by Gasteiger charge is 2.16. The molecule has 0 unspecified atom stereocenters. The van der Waals surface area contributed by atoms with E-state index in [0.29, 0.717) is 5.56 Å². The van der Waals surface area contributed by atoms with Gasteiger partial charge < -0.3 is 15.0 Å². The van der Waals surface area contributed by atoms with Gasteiger partial charge in [0, 0.05) is 33.7 Å². The van der Waals surface area contributed by atoms with Crippen molar-refractivity contribution in [1.29, 1.82) is 0 Å². The number of aromatic nitrogens is 2. The SMILES string of the molecule is COc1ccc2[nH]c(C)c(C(=O)CNc3nccs3)c2c1.I. The molecule has 0 aliphatic rings. The number of benzene rings is 1. The molecule has 0 fully saturated rings. The minimum Gasteiger partial charge on any atom is -0.497 e. The summed E-state index contributed by atoms with van der Waals surface area (Å²) < 4.78 is 5.24. The zero-order valence-electron chi connectivity index (χ0n) is 12.2. The second-order valence-corrected chi connectivity index (χ2v) is 5.55. The number of ketones is 1. The number of anilines is 1. The van der Waals surface area contributed by atoms with Gasteiger partial charge in [-0.15, -0.1) is 35.3 Å². The maximum Gasteiger partial charge on any atom is 0.184 e. The second-order valence-electron chi connectivity index (χ2n) is 4.65. The molecule has 0 aliphatic heterocycles. The average Bonchev–Trinajstić information content (AvgIpc) is 3.10. The molecule has 2 aromatic heterocycles. The highest BCUT2D eigenvalue weighted by atomic mass is 127. The fraction of sp³-hybridized carbons (Fsp3) is 0.200. The molecule has 0 radical (unpaired) electrons. The van der Waals surface area contributed by atoms with E-state index >= 15 is 0 Å². The number of methoxy groups -OCH3 is 1. The van der Waals surface area contributed by atoms with Crippen molar-refractivity contribution in [2.45, 2.75) is 6.92 Å². The third kappa shape index (κ3) is 3.25. The maximum absolute atomic E-state index is 12.5. The zero-order chi connectivity index (χ0) is 14.8. The summed E-state index contributed by atoms with van der Waals surface area (Å²) in [6.45, 7) is 2.13. The normalized spacial score (nSPS) is 10.3. The molecule has 3 rings (SSSR count). The first kappa shape index (κ1) is 16.8. The molecule has 0 atom stereocenters. The van der Waals surface area contributed by atoms with Crippen LogP contribution in [0.3, 0.4) is 0 Å². The summed E-state index contributed by atoms with van der Waals surface area (Å²) in [5.41, 5.74) is 2.50. The van der Waals surface area contributed by atoms with Crippen molar-refractivity contribution in [3.05, 3.63) is 41.0 Å². The van der Waals surface area contributed by atoms with Crippen LogP contribution >= 0.6 is 35.3 Å². The molecular weight excluding hydrogens is 413 g/mol. The Morgan fingerprint density at radius 1 is 1.45 bits per heavy atom. The molecule has 22 heavy (non-hydrogen) atoms. The first-order valence-electron chi connectivity index (χ1n) is 6.52. The molecule has 7 heteroatoms. The number of Topliss-reactive ketones (excluding diaryl/α,β-unsaturated/α-hetero) is 1. The number of fused-ring (bicyclic) bond motifs is 1. The lowest BCUT2D eigenvalue weighted by Crippen LogP contribution is -2.14. The summed E-state index contributed by atoms with van der Waals surface area (Å²) in [6.07, 6.45) is 1.71. The monoisotopic (exact) mass is 429 g/mol. The van der Waals surface area contributed by atoms with Crippen molar-refractivity contribution >= 4 is 57.1 Å². The van der Waals surface area contributed by atoms with Crippen LogP contribution in [0.25, 0.3) is 10.9 Å². The Balaban J connectivity index is 0.00000176. The minimum absolute atomic E-state index is 0. The summed E-state index contributed by atoms with van der Waals surface area (Å²) in [5, 5.41) is 6.55. The number of aromatic amines is 1. The van der Waals surface area contributed by atoms with Gasteiger partial charge in [-0.3, -0.25) is 4.79 Å². The van der Waals surface area contributed by atoms with E-state index in [1.807, 2.05) is 30.5 Å². The Morgan fingerprint density at radius 2 is 2.27 bits per heavy atom. The first-order chi connectivity index (χ1) is 10.2. The summed E-state index contributed by atoms with van der Waals surface area (Å²) in [5.74, 6) is 0.769. The van der Waals surface area contributed by atoms with Gasteiger partial charge in [0.05, 0.1) is 13.7 Å². The third-order valence-electron chi connectivity index (χ3n) is 3.30.